The van der Waals surface area contributed by atoms with Gasteiger partial charge in [0.1, 0.15) is 0 Å². The summed E-state index contributed by atoms with van der Waals surface area (Å²) in [5.41, 5.74) is -0.590. The largest absolute Gasteiger partial charge is 0.396 e. The van der Waals surface area contributed by atoms with Gasteiger partial charge in [-0.15, -0.1) is 0 Å². The van der Waals surface area contributed by atoms with Crippen LogP contribution in [0.25, 0.3) is 0 Å². The lowest BCUT2D eigenvalue weighted by atomic mass is 9.88. The number of fused-ring (bicyclic) bond motifs is 1. The molecule has 0 aromatic heterocycles. The molecular weight excluding hydrogens is 188 g/mol. The van der Waals surface area contributed by atoms with Gasteiger partial charge in [0.2, 0.25) is 0 Å². The third-order valence-corrected chi connectivity index (χ3v) is 3.12. The number of hydrogen-bond acceptors (Lipinski definition) is 5. The SMILES string of the molecule is CCC(CO)(CO)COC12OC1(C)O2. The molecule has 0 aromatic rings. The van der Waals surface area contributed by atoms with Gasteiger partial charge >= 0.3 is 5.97 Å². The standard InChI is InChI=1S/C9H16O5/c1-3-8(4-10,5-11)6-12-9-7(2,13-9)14-9/h10-11H,3-6H2,1-2H3. The van der Waals surface area contributed by atoms with Crippen molar-refractivity contribution in [3.05, 3.63) is 0 Å². The lowest BCUT2D eigenvalue weighted by molar-refractivity contribution is -0.225. The molecule has 2 fully saturated rings. The molecular formula is C9H16O5. The van der Waals surface area contributed by atoms with Gasteiger partial charge in [0.15, 0.2) is 0 Å². The zero-order chi connectivity index (χ0) is 10.4. The van der Waals surface area contributed by atoms with Crippen LogP contribution >= 0.6 is 0 Å². The van der Waals surface area contributed by atoms with Gasteiger partial charge in [0.05, 0.1) is 19.8 Å². The summed E-state index contributed by atoms with van der Waals surface area (Å²) >= 11 is 0. The zero-order valence-electron chi connectivity index (χ0n) is 8.45. The molecule has 0 bridgehead atoms. The molecule has 5 nitrogen and oxygen atoms in total. The molecule has 2 heterocycles. The van der Waals surface area contributed by atoms with Crippen LogP contribution in [0, 0.1) is 5.41 Å². The van der Waals surface area contributed by atoms with E-state index in [-0.39, 0.29) is 19.8 Å². The molecule has 2 aliphatic heterocycles. The van der Waals surface area contributed by atoms with Crippen LogP contribution in [0.3, 0.4) is 0 Å². The van der Waals surface area contributed by atoms with Crippen LogP contribution in [0.2, 0.25) is 0 Å². The van der Waals surface area contributed by atoms with Gasteiger partial charge in [-0.25, -0.2) is 0 Å². The molecule has 2 rings (SSSR count). The second-order valence-electron chi connectivity index (χ2n) is 4.16. The van der Waals surface area contributed by atoms with Gasteiger partial charge in [-0.1, -0.05) is 6.92 Å². The molecule has 82 valence electrons. The van der Waals surface area contributed by atoms with Crippen LogP contribution in [0.5, 0.6) is 0 Å². The Morgan fingerprint density at radius 3 is 2.07 bits per heavy atom. The average molecular weight is 204 g/mol. The lowest BCUT2D eigenvalue weighted by Crippen LogP contribution is -2.35. The van der Waals surface area contributed by atoms with E-state index >= 15 is 0 Å². The van der Waals surface area contributed by atoms with Crippen molar-refractivity contribution in [3.63, 3.8) is 0 Å². The van der Waals surface area contributed by atoms with Crippen molar-refractivity contribution in [2.24, 2.45) is 5.41 Å². The van der Waals surface area contributed by atoms with Crippen molar-refractivity contribution >= 4 is 0 Å². The average Bonchev–Trinajstić information content (AvgIpc) is 2.93. The van der Waals surface area contributed by atoms with Crippen LogP contribution in [0.4, 0.5) is 0 Å². The Hall–Kier alpha value is -0.200. The normalized spacial score (nSPS) is 39.4. The summed E-state index contributed by atoms with van der Waals surface area (Å²) in [6.45, 7) is 3.72. The van der Waals surface area contributed by atoms with Crippen molar-refractivity contribution in [3.8, 4) is 0 Å². The summed E-state index contributed by atoms with van der Waals surface area (Å²) in [5, 5.41) is 18.3. The number of aliphatic hydroxyl groups excluding tert-OH is 2. The molecule has 0 aliphatic carbocycles. The Bertz CT molecular complexity index is 221. The van der Waals surface area contributed by atoms with Gasteiger partial charge in [-0.3, -0.25) is 9.47 Å². The van der Waals surface area contributed by atoms with Gasteiger partial charge in [-0.05, 0) is 13.3 Å². The minimum absolute atomic E-state index is 0.104. The second kappa shape index (κ2) is 2.90. The fourth-order valence-electron chi connectivity index (χ4n) is 1.37. The van der Waals surface area contributed by atoms with E-state index < -0.39 is 17.2 Å². The molecule has 2 aliphatic rings. The first-order valence-corrected chi connectivity index (χ1v) is 4.81. The summed E-state index contributed by atoms with van der Waals surface area (Å²) < 4.78 is 15.6. The quantitative estimate of drug-likeness (QED) is 0.587. The van der Waals surface area contributed by atoms with Gasteiger partial charge in [0, 0.05) is 5.41 Å². The number of epoxide rings is 2. The van der Waals surface area contributed by atoms with Gasteiger partial charge < -0.3 is 14.9 Å². The van der Waals surface area contributed by atoms with E-state index in [0.29, 0.717) is 6.42 Å². The molecule has 0 aromatic carbocycles. The lowest BCUT2D eigenvalue weighted by Gasteiger charge is -2.27. The minimum Gasteiger partial charge on any atom is -0.396 e. The molecule has 5 heteroatoms. The topological polar surface area (TPSA) is 74.8 Å². The van der Waals surface area contributed by atoms with E-state index in [4.69, 9.17) is 24.4 Å². The van der Waals surface area contributed by atoms with Gasteiger partial charge in [0.25, 0.3) is 5.79 Å². The Morgan fingerprint density at radius 2 is 1.79 bits per heavy atom. The van der Waals surface area contributed by atoms with Crippen molar-refractivity contribution < 1.29 is 24.4 Å². The number of rotatable bonds is 6. The maximum Gasteiger partial charge on any atom is 0.346 e. The molecule has 2 N–H and O–H groups in total. The summed E-state index contributed by atoms with van der Waals surface area (Å²) in [6.07, 6.45) is 0.646. The molecule has 0 saturated carbocycles. The molecule has 0 amide bonds. The van der Waals surface area contributed by atoms with Crippen LogP contribution in [0.15, 0.2) is 0 Å². The highest BCUT2D eigenvalue weighted by Gasteiger charge is 2.91. The summed E-state index contributed by atoms with van der Waals surface area (Å²) in [4.78, 5) is 0. The molecule has 0 spiro atoms. The summed E-state index contributed by atoms with van der Waals surface area (Å²) in [6, 6.07) is 0. The fourth-order valence-corrected chi connectivity index (χ4v) is 1.37. The van der Waals surface area contributed by atoms with Crippen molar-refractivity contribution in [1.29, 1.82) is 0 Å². The van der Waals surface area contributed by atoms with Crippen molar-refractivity contribution in [2.45, 2.75) is 32.0 Å². The minimum atomic E-state index is -0.863. The van der Waals surface area contributed by atoms with Crippen LogP contribution in [-0.2, 0) is 14.2 Å². The van der Waals surface area contributed by atoms with Crippen LogP contribution in [-0.4, -0.2) is 41.8 Å². The number of hydrogen-bond donors (Lipinski definition) is 2. The predicted molar refractivity (Wildman–Crippen MR) is 46.2 cm³/mol. The van der Waals surface area contributed by atoms with E-state index in [1.54, 1.807) is 6.92 Å². The van der Waals surface area contributed by atoms with E-state index in [1.807, 2.05) is 6.92 Å². The van der Waals surface area contributed by atoms with Gasteiger partial charge in [-0.2, -0.15) is 0 Å². The zero-order valence-corrected chi connectivity index (χ0v) is 8.45. The van der Waals surface area contributed by atoms with E-state index in [2.05, 4.69) is 0 Å². The van der Waals surface area contributed by atoms with E-state index in [9.17, 15) is 0 Å². The van der Waals surface area contributed by atoms with E-state index in [0.717, 1.165) is 0 Å². The Balaban J connectivity index is 1.83. The van der Waals surface area contributed by atoms with Crippen LogP contribution in [0.1, 0.15) is 20.3 Å². The monoisotopic (exact) mass is 204 g/mol. The summed E-state index contributed by atoms with van der Waals surface area (Å²) in [7, 11) is 0. The Labute approximate surface area is 82.6 Å². The summed E-state index contributed by atoms with van der Waals surface area (Å²) in [5.74, 6) is -1.42. The highest BCUT2D eigenvalue weighted by Crippen LogP contribution is 2.68. The third kappa shape index (κ3) is 1.28. The van der Waals surface area contributed by atoms with Crippen molar-refractivity contribution in [1.82, 2.24) is 0 Å². The number of aliphatic hydroxyl groups is 2. The second-order valence-corrected chi connectivity index (χ2v) is 4.16. The third-order valence-electron chi connectivity index (χ3n) is 3.12. The van der Waals surface area contributed by atoms with E-state index in [1.165, 1.54) is 0 Å². The highest BCUT2D eigenvalue weighted by atomic mass is 17.2. The first kappa shape index (κ1) is 10.3. The smallest absolute Gasteiger partial charge is 0.346 e. The maximum atomic E-state index is 9.15. The molecule has 0 atom stereocenters. The van der Waals surface area contributed by atoms with Crippen LogP contribution < -0.4 is 0 Å². The Kier molecular flexibility index (Phi) is 2.14. The molecule has 14 heavy (non-hydrogen) atoms. The maximum absolute atomic E-state index is 9.15. The first-order chi connectivity index (χ1) is 6.55. The first-order valence-electron chi connectivity index (χ1n) is 4.81. The molecule has 2 saturated heterocycles. The molecule has 0 unspecified atom stereocenters. The number of ether oxygens (including phenoxy) is 3. The van der Waals surface area contributed by atoms with Crippen molar-refractivity contribution in [2.75, 3.05) is 19.8 Å². The highest BCUT2D eigenvalue weighted by molar-refractivity contribution is 5.08. The fraction of sp³-hybridized carbons (Fsp3) is 1.00. The Morgan fingerprint density at radius 1 is 1.29 bits per heavy atom. The predicted octanol–water partition coefficient (Wildman–Crippen LogP) is -0.186. The molecule has 0 radical (unpaired) electrons.